The Morgan fingerprint density at radius 3 is 2.21 bits per heavy atom. The van der Waals surface area contributed by atoms with Crippen molar-refractivity contribution in [2.75, 3.05) is 6.61 Å². The van der Waals surface area contributed by atoms with Crippen LogP contribution in [0.1, 0.15) is 67.7 Å². The summed E-state index contributed by atoms with van der Waals surface area (Å²) in [6.45, 7) is 13.9. The van der Waals surface area contributed by atoms with Crippen LogP contribution in [0.3, 0.4) is 0 Å². The molecule has 0 radical (unpaired) electrons. The molecule has 6 nitrogen and oxygen atoms in total. The Morgan fingerprint density at radius 1 is 1.04 bits per heavy atom. The molecule has 2 saturated carbocycles. The van der Waals surface area contributed by atoms with E-state index < -0.39 is 17.7 Å². The van der Waals surface area contributed by atoms with E-state index in [1.165, 1.54) is 0 Å². The molecule has 0 aromatic carbocycles. The fourth-order valence-electron chi connectivity index (χ4n) is 5.41. The van der Waals surface area contributed by atoms with Crippen LogP contribution in [0.4, 0.5) is 0 Å². The molecule has 0 spiro atoms. The van der Waals surface area contributed by atoms with Crippen molar-refractivity contribution in [3.63, 3.8) is 0 Å². The molecule has 7 atom stereocenters. The summed E-state index contributed by atoms with van der Waals surface area (Å²) >= 11 is 0. The van der Waals surface area contributed by atoms with E-state index in [0.29, 0.717) is 6.42 Å². The molecule has 2 aliphatic carbocycles. The summed E-state index contributed by atoms with van der Waals surface area (Å²) in [5, 5.41) is 9.95. The summed E-state index contributed by atoms with van der Waals surface area (Å²) in [5.74, 6) is -0.228. The Hall–Kier alpha value is -1.14. The maximum Gasteiger partial charge on any atom is 0.344 e. The number of esters is 2. The van der Waals surface area contributed by atoms with Crippen LogP contribution < -0.4 is 0 Å². The molecule has 160 valence electrons. The van der Waals surface area contributed by atoms with E-state index in [1.807, 2.05) is 27.7 Å². The van der Waals surface area contributed by atoms with Gasteiger partial charge in [0, 0.05) is 5.92 Å². The number of aliphatic hydroxyl groups excluding tert-OH is 1. The Balaban J connectivity index is 1.57. The van der Waals surface area contributed by atoms with Gasteiger partial charge in [0.1, 0.15) is 12.2 Å². The van der Waals surface area contributed by atoms with Crippen molar-refractivity contribution in [1.82, 2.24) is 0 Å². The van der Waals surface area contributed by atoms with Gasteiger partial charge in [0.25, 0.3) is 0 Å². The highest BCUT2D eigenvalue weighted by Crippen LogP contribution is 2.56. The number of hydrogen-bond acceptors (Lipinski definition) is 6. The first-order valence-electron chi connectivity index (χ1n) is 10.4. The molecule has 2 bridgehead atoms. The first-order chi connectivity index (χ1) is 12.7. The molecule has 0 amide bonds. The van der Waals surface area contributed by atoms with Crippen molar-refractivity contribution in [2.24, 2.45) is 34.0 Å². The molecule has 0 aromatic heterocycles. The highest BCUT2D eigenvalue weighted by Gasteiger charge is 2.62. The van der Waals surface area contributed by atoms with Crippen molar-refractivity contribution < 1.29 is 28.9 Å². The first-order valence-corrected chi connectivity index (χ1v) is 10.4. The van der Waals surface area contributed by atoms with E-state index in [2.05, 4.69) is 20.8 Å². The molecule has 1 saturated heterocycles. The third-order valence-corrected chi connectivity index (χ3v) is 7.15. The summed E-state index contributed by atoms with van der Waals surface area (Å²) in [5.41, 5.74) is -1.08. The van der Waals surface area contributed by atoms with Crippen LogP contribution >= 0.6 is 0 Å². The lowest BCUT2D eigenvalue weighted by Gasteiger charge is -2.43. The predicted octanol–water partition coefficient (Wildman–Crippen LogP) is 3.30. The van der Waals surface area contributed by atoms with Crippen molar-refractivity contribution in [2.45, 2.75) is 86.2 Å². The Labute approximate surface area is 168 Å². The minimum atomic E-state index is -0.744. The highest BCUT2D eigenvalue weighted by atomic mass is 16.6. The molecule has 0 aromatic rings. The van der Waals surface area contributed by atoms with Crippen LogP contribution in [0.15, 0.2) is 0 Å². The third kappa shape index (κ3) is 3.82. The molecule has 3 rings (SSSR count). The predicted molar refractivity (Wildman–Crippen MR) is 103 cm³/mol. The second-order valence-corrected chi connectivity index (χ2v) is 11.4. The minimum Gasteiger partial charge on any atom is -0.457 e. The zero-order valence-corrected chi connectivity index (χ0v) is 18.3. The summed E-state index contributed by atoms with van der Waals surface area (Å²) in [7, 11) is 0. The quantitative estimate of drug-likeness (QED) is 0.718. The van der Waals surface area contributed by atoms with Crippen LogP contribution in [0.25, 0.3) is 0 Å². The fraction of sp³-hybridized carbons (Fsp3) is 0.909. The lowest BCUT2D eigenvalue weighted by molar-refractivity contribution is -0.179. The van der Waals surface area contributed by atoms with E-state index in [4.69, 9.17) is 14.2 Å². The van der Waals surface area contributed by atoms with Gasteiger partial charge in [-0.05, 0) is 48.9 Å². The number of fused-ring (bicyclic) bond motifs is 1. The molecule has 3 aliphatic rings. The van der Waals surface area contributed by atoms with E-state index in [1.54, 1.807) is 0 Å². The zero-order chi connectivity index (χ0) is 21.1. The van der Waals surface area contributed by atoms with Crippen LogP contribution in [-0.4, -0.2) is 42.1 Å². The van der Waals surface area contributed by atoms with E-state index in [0.717, 1.165) is 12.8 Å². The number of hydrogen-bond donors (Lipinski definition) is 1. The van der Waals surface area contributed by atoms with Crippen LogP contribution in [0.5, 0.6) is 0 Å². The Bertz CT molecular complexity index is 630. The van der Waals surface area contributed by atoms with Crippen LogP contribution in [-0.2, 0) is 23.8 Å². The molecular weight excluding hydrogens is 360 g/mol. The maximum atomic E-state index is 12.9. The molecule has 1 aliphatic heterocycles. The van der Waals surface area contributed by atoms with Crippen molar-refractivity contribution in [1.29, 1.82) is 0 Å². The number of carbonyl (C=O) groups excluding carboxylic acids is 2. The van der Waals surface area contributed by atoms with E-state index >= 15 is 0 Å². The maximum absolute atomic E-state index is 12.9. The Morgan fingerprint density at radius 2 is 1.64 bits per heavy atom. The van der Waals surface area contributed by atoms with Gasteiger partial charge < -0.3 is 19.3 Å². The molecule has 6 heteroatoms. The van der Waals surface area contributed by atoms with Gasteiger partial charge in [-0.3, -0.25) is 4.79 Å². The smallest absolute Gasteiger partial charge is 0.344 e. The number of ether oxygens (including phenoxy) is 3. The molecule has 1 heterocycles. The van der Waals surface area contributed by atoms with Gasteiger partial charge in [-0.2, -0.15) is 0 Å². The van der Waals surface area contributed by atoms with Gasteiger partial charge in [-0.25, -0.2) is 4.79 Å². The molecule has 3 fully saturated rings. The van der Waals surface area contributed by atoms with Gasteiger partial charge in [0.05, 0.1) is 5.41 Å². The molecule has 28 heavy (non-hydrogen) atoms. The van der Waals surface area contributed by atoms with Crippen LogP contribution in [0, 0.1) is 34.0 Å². The van der Waals surface area contributed by atoms with Crippen molar-refractivity contribution >= 4 is 11.9 Å². The largest absolute Gasteiger partial charge is 0.457 e. The number of carbonyl (C=O) groups is 2. The average Bonchev–Trinajstić information content (AvgIpc) is 3.14. The first kappa shape index (κ1) is 21.6. The topological polar surface area (TPSA) is 82.1 Å². The van der Waals surface area contributed by atoms with Crippen molar-refractivity contribution in [3.05, 3.63) is 0 Å². The SMILES string of the molecule is CC(C)(C)CC(C)(C(=O)OCC(=O)OC1C2CC3C(O)OC1C3C2)C(C)(C)C. The second kappa shape index (κ2) is 6.98. The number of rotatable bonds is 5. The highest BCUT2D eigenvalue weighted by molar-refractivity contribution is 5.81. The summed E-state index contributed by atoms with van der Waals surface area (Å²) < 4.78 is 16.7. The second-order valence-electron chi connectivity index (χ2n) is 11.4. The summed E-state index contributed by atoms with van der Waals surface area (Å²) in [6, 6.07) is 0. The van der Waals surface area contributed by atoms with Crippen molar-refractivity contribution in [3.8, 4) is 0 Å². The van der Waals surface area contributed by atoms with E-state index in [-0.39, 0.29) is 53.4 Å². The summed E-state index contributed by atoms with van der Waals surface area (Å²) in [6.07, 6.45) is 1.10. The van der Waals surface area contributed by atoms with Gasteiger partial charge in [0.15, 0.2) is 12.9 Å². The van der Waals surface area contributed by atoms with Crippen LogP contribution in [0.2, 0.25) is 0 Å². The van der Waals surface area contributed by atoms with E-state index in [9.17, 15) is 14.7 Å². The molecule has 7 unspecified atom stereocenters. The standard InChI is InChI=1S/C22H36O6/c1-20(2,3)11-22(7,21(4,5)6)19(25)26-10-15(23)27-16-12-8-13-14(9-12)18(24)28-17(13)16/h12-14,16-18,24H,8-11H2,1-7H3. The monoisotopic (exact) mass is 396 g/mol. The average molecular weight is 397 g/mol. The Kier molecular flexibility index (Phi) is 5.37. The number of aliphatic hydroxyl groups is 1. The normalized spacial score (nSPS) is 36.3. The van der Waals surface area contributed by atoms with Gasteiger partial charge in [-0.15, -0.1) is 0 Å². The minimum absolute atomic E-state index is 0.0537. The summed E-state index contributed by atoms with van der Waals surface area (Å²) in [4.78, 5) is 25.3. The lowest BCUT2D eigenvalue weighted by Crippen LogP contribution is -2.45. The van der Waals surface area contributed by atoms with Gasteiger partial charge in [0.2, 0.25) is 0 Å². The molecular formula is C22H36O6. The van der Waals surface area contributed by atoms with Gasteiger partial charge >= 0.3 is 11.9 Å². The zero-order valence-electron chi connectivity index (χ0n) is 18.3. The van der Waals surface area contributed by atoms with Gasteiger partial charge in [-0.1, -0.05) is 41.5 Å². The molecule has 1 N–H and O–H groups in total. The third-order valence-electron chi connectivity index (χ3n) is 7.15. The lowest BCUT2D eigenvalue weighted by atomic mass is 9.61. The fourth-order valence-corrected chi connectivity index (χ4v) is 5.41.